The Morgan fingerprint density at radius 1 is 1.00 bits per heavy atom. The maximum atomic E-state index is 12.9. The van der Waals surface area contributed by atoms with Gasteiger partial charge in [-0.3, -0.25) is 4.79 Å². The average Bonchev–Trinajstić information content (AvgIpc) is 2.67. The van der Waals surface area contributed by atoms with Gasteiger partial charge >= 0.3 is 0 Å². The van der Waals surface area contributed by atoms with E-state index in [1.165, 1.54) is 10.5 Å². The van der Waals surface area contributed by atoms with E-state index in [9.17, 15) is 4.79 Å². The lowest BCUT2D eigenvalue weighted by molar-refractivity contribution is -0.897. The fraction of sp³-hybridized carbons (Fsp3) is 0.333. The van der Waals surface area contributed by atoms with Crippen molar-refractivity contribution in [2.75, 3.05) is 19.6 Å². The lowest BCUT2D eigenvalue weighted by atomic mass is 10.0. The van der Waals surface area contributed by atoms with Crippen LogP contribution in [-0.2, 0) is 13.0 Å². The summed E-state index contributed by atoms with van der Waals surface area (Å²) in [6, 6.07) is 16.1. The molecule has 0 fully saturated rings. The molecule has 27 heavy (non-hydrogen) atoms. The van der Waals surface area contributed by atoms with Crippen LogP contribution in [0.4, 0.5) is 0 Å². The topological polar surface area (TPSA) is 39.3 Å². The minimum atomic E-state index is 0. The molecule has 1 heterocycles. The number of nitrogens with zero attached hydrogens (tertiary/aromatic N) is 2. The number of likely N-dealkylation sites (N-methyl/N-ethyl adjacent to an activating group) is 1. The van der Waals surface area contributed by atoms with Crippen LogP contribution in [0.2, 0.25) is 0 Å². The average molecular weight is 451 g/mol. The van der Waals surface area contributed by atoms with Crippen molar-refractivity contribution in [2.45, 2.75) is 26.8 Å². The molecule has 3 rings (SSSR count). The van der Waals surface area contributed by atoms with Crippen molar-refractivity contribution in [3.8, 4) is 0 Å². The third-order valence-electron chi connectivity index (χ3n) is 4.91. The predicted octanol–water partition coefficient (Wildman–Crippen LogP) is -0.321. The third-order valence-corrected chi connectivity index (χ3v) is 5.43. The molecule has 0 bridgehead atoms. The van der Waals surface area contributed by atoms with Crippen LogP contribution in [0, 0.1) is 0 Å². The van der Waals surface area contributed by atoms with Crippen LogP contribution in [0.3, 0.4) is 0 Å². The minimum Gasteiger partial charge on any atom is -1.00 e. The van der Waals surface area contributed by atoms with Gasteiger partial charge in [0, 0.05) is 16.3 Å². The second-order valence-electron chi connectivity index (χ2n) is 6.53. The number of rotatable bonds is 7. The third kappa shape index (κ3) is 5.18. The van der Waals surface area contributed by atoms with Gasteiger partial charge in [-0.15, -0.1) is 0 Å². The van der Waals surface area contributed by atoms with Crippen molar-refractivity contribution in [1.29, 1.82) is 0 Å². The van der Waals surface area contributed by atoms with E-state index in [0.29, 0.717) is 13.0 Å². The van der Waals surface area contributed by atoms with Crippen molar-refractivity contribution in [3.05, 3.63) is 74.6 Å². The molecule has 0 unspecified atom stereocenters. The fourth-order valence-corrected chi connectivity index (χ4v) is 3.51. The lowest BCUT2D eigenvalue weighted by Gasteiger charge is -2.16. The van der Waals surface area contributed by atoms with Crippen molar-refractivity contribution >= 4 is 26.7 Å². The van der Waals surface area contributed by atoms with Gasteiger partial charge in [0.05, 0.1) is 37.3 Å². The zero-order chi connectivity index (χ0) is 18.5. The molecule has 3 aromatic rings. The monoisotopic (exact) mass is 449 g/mol. The van der Waals surface area contributed by atoms with Gasteiger partial charge in [0.2, 0.25) is 0 Å². The fourth-order valence-electron chi connectivity index (χ4n) is 3.25. The number of quaternary nitrogens is 1. The molecular formula is C21H25BrClN3O. The number of hydrogen-bond acceptors (Lipinski definition) is 2. The van der Waals surface area contributed by atoms with E-state index in [-0.39, 0.29) is 18.0 Å². The Labute approximate surface area is 174 Å². The summed E-state index contributed by atoms with van der Waals surface area (Å²) < 4.78 is 2.72. The largest absolute Gasteiger partial charge is 1.00 e. The van der Waals surface area contributed by atoms with E-state index in [1.807, 2.05) is 36.4 Å². The molecule has 0 radical (unpaired) electrons. The Morgan fingerprint density at radius 3 is 2.26 bits per heavy atom. The van der Waals surface area contributed by atoms with E-state index in [1.54, 1.807) is 4.68 Å². The minimum absolute atomic E-state index is 0. The Hall–Kier alpha value is -1.69. The Bertz CT molecular complexity index is 936. The summed E-state index contributed by atoms with van der Waals surface area (Å²) in [7, 11) is 0. The molecular weight excluding hydrogens is 426 g/mol. The number of nitrogens with one attached hydrogen (secondary N) is 1. The molecule has 0 spiro atoms. The second kappa shape index (κ2) is 10.0. The molecule has 144 valence electrons. The summed E-state index contributed by atoms with van der Waals surface area (Å²) >= 11 is 3.48. The van der Waals surface area contributed by atoms with Crippen molar-refractivity contribution < 1.29 is 17.3 Å². The summed E-state index contributed by atoms with van der Waals surface area (Å²) in [5, 5.41) is 6.44. The van der Waals surface area contributed by atoms with E-state index in [4.69, 9.17) is 5.10 Å². The molecule has 6 heteroatoms. The summed E-state index contributed by atoms with van der Waals surface area (Å²) in [6.45, 7) is 8.03. The molecule has 0 aliphatic heterocycles. The number of halogens is 2. The molecule has 0 aliphatic carbocycles. The highest BCUT2D eigenvalue weighted by Gasteiger charge is 2.12. The first kappa shape index (κ1) is 21.6. The van der Waals surface area contributed by atoms with Crippen LogP contribution in [0.5, 0.6) is 0 Å². The SMILES string of the molecule is CC[NH+](CC)CCn1nc(Cc2ccc(Br)cc2)c2ccccc2c1=O.[Cl-]. The standard InChI is InChI=1S/C21H24BrN3O.ClH/c1-3-24(4-2)13-14-25-21(26)19-8-6-5-7-18(19)20(23-25)15-16-9-11-17(22)12-10-16;/h5-12H,3-4,13-15H2,1-2H3;1H. The summed E-state index contributed by atoms with van der Waals surface area (Å²) in [6.07, 6.45) is 0.714. The first-order valence-corrected chi connectivity index (χ1v) is 9.98. The predicted molar refractivity (Wildman–Crippen MR) is 110 cm³/mol. The van der Waals surface area contributed by atoms with Crippen LogP contribution in [0.25, 0.3) is 10.8 Å². The Balaban J connectivity index is 0.00000261. The maximum Gasteiger partial charge on any atom is 0.274 e. The van der Waals surface area contributed by atoms with Crippen molar-refractivity contribution in [2.24, 2.45) is 0 Å². The Kier molecular flexibility index (Phi) is 8.02. The molecule has 0 aliphatic rings. The van der Waals surface area contributed by atoms with Crippen LogP contribution < -0.4 is 22.9 Å². The number of benzene rings is 2. The van der Waals surface area contributed by atoms with Gasteiger partial charge in [-0.2, -0.15) is 5.10 Å². The molecule has 2 aromatic carbocycles. The van der Waals surface area contributed by atoms with Gasteiger partial charge in [-0.05, 0) is 37.6 Å². The zero-order valence-corrected chi connectivity index (χ0v) is 18.1. The highest BCUT2D eigenvalue weighted by atomic mass is 79.9. The highest BCUT2D eigenvalue weighted by Crippen LogP contribution is 2.18. The van der Waals surface area contributed by atoms with Gasteiger partial charge in [0.15, 0.2) is 0 Å². The van der Waals surface area contributed by atoms with Crippen LogP contribution in [-0.4, -0.2) is 29.4 Å². The van der Waals surface area contributed by atoms with Gasteiger partial charge in [0.1, 0.15) is 0 Å². The number of aromatic nitrogens is 2. The summed E-state index contributed by atoms with van der Waals surface area (Å²) in [4.78, 5) is 14.3. The molecule has 0 saturated heterocycles. The first-order valence-electron chi connectivity index (χ1n) is 9.19. The van der Waals surface area contributed by atoms with Crippen molar-refractivity contribution in [3.63, 3.8) is 0 Å². The van der Waals surface area contributed by atoms with Crippen LogP contribution >= 0.6 is 15.9 Å². The number of fused-ring (bicyclic) bond motifs is 1. The van der Waals surface area contributed by atoms with E-state index >= 15 is 0 Å². The molecule has 4 nitrogen and oxygen atoms in total. The molecule has 0 amide bonds. The quantitative estimate of drug-likeness (QED) is 0.536. The van der Waals surface area contributed by atoms with Crippen LogP contribution in [0.1, 0.15) is 25.1 Å². The summed E-state index contributed by atoms with van der Waals surface area (Å²) in [5.41, 5.74) is 2.15. The first-order chi connectivity index (χ1) is 12.6. The van der Waals surface area contributed by atoms with E-state index < -0.39 is 0 Å². The van der Waals surface area contributed by atoms with Gasteiger partial charge in [-0.25, -0.2) is 4.68 Å². The number of hydrogen-bond donors (Lipinski definition) is 1. The summed E-state index contributed by atoms with van der Waals surface area (Å²) in [5.74, 6) is 0. The zero-order valence-electron chi connectivity index (χ0n) is 15.7. The molecule has 1 N–H and O–H groups in total. The van der Waals surface area contributed by atoms with Crippen LogP contribution in [0.15, 0.2) is 57.8 Å². The van der Waals surface area contributed by atoms with E-state index in [0.717, 1.165) is 40.6 Å². The van der Waals surface area contributed by atoms with Gasteiger partial charge < -0.3 is 17.3 Å². The second-order valence-corrected chi connectivity index (χ2v) is 7.45. The highest BCUT2D eigenvalue weighted by molar-refractivity contribution is 9.10. The lowest BCUT2D eigenvalue weighted by Crippen LogP contribution is -3.11. The molecule has 0 atom stereocenters. The Morgan fingerprint density at radius 2 is 1.63 bits per heavy atom. The van der Waals surface area contributed by atoms with Crippen molar-refractivity contribution in [1.82, 2.24) is 9.78 Å². The van der Waals surface area contributed by atoms with E-state index in [2.05, 4.69) is 41.9 Å². The normalized spacial score (nSPS) is 11.0. The molecule has 1 aromatic heterocycles. The molecule has 0 saturated carbocycles. The maximum absolute atomic E-state index is 12.9. The smallest absolute Gasteiger partial charge is 0.274 e. The van der Waals surface area contributed by atoms with Gasteiger partial charge in [0.25, 0.3) is 5.56 Å². The van der Waals surface area contributed by atoms with Gasteiger partial charge in [-0.1, -0.05) is 46.3 Å².